The van der Waals surface area contributed by atoms with Gasteiger partial charge in [0.1, 0.15) is 5.78 Å². The van der Waals surface area contributed by atoms with Crippen LogP contribution in [0.1, 0.15) is 33.1 Å². The molecule has 2 nitrogen and oxygen atoms in total. The van der Waals surface area contributed by atoms with E-state index in [1.807, 2.05) is 13.8 Å². The molecule has 1 rings (SSSR count). The molecule has 0 amide bonds. The van der Waals surface area contributed by atoms with E-state index >= 15 is 0 Å². The Labute approximate surface area is 85.0 Å². The topological polar surface area (TPSA) is 29.1 Å². The van der Waals surface area contributed by atoms with Gasteiger partial charge in [-0.15, -0.1) is 11.6 Å². The fourth-order valence-electron chi connectivity index (χ4n) is 1.70. The zero-order valence-corrected chi connectivity index (χ0v) is 9.16. The first-order valence-electron chi connectivity index (χ1n) is 4.91. The Kier molecular flexibility index (Phi) is 3.74. The van der Waals surface area contributed by atoms with Crippen molar-refractivity contribution in [2.24, 2.45) is 5.92 Å². The van der Waals surface area contributed by atoms with Gasteiger partial charge in [0.05, 0.1) is 0 Å². The molecule has 1 N–H and O–H groups in total. The number of halogens is 1. The van der Waals surface area contributed by atoms with Crippen molar-refractivity contribution in [3.8, 4) is 0 Å². The van der Waals surface area contributed by atoms with Crippen LogP contribution in [0.5, 0.6) is 0 Å². The van der Waals surface area contributed by atoms with Crippen LogP contribution in [0.2, 0.25) is 0 Å². The summed E-state index contributed by atoms with van der Waals surface area (Å²) in [4.78, 5) is 11.3. The number of nitrogens with one attached hydrogen (secondary N) is 1. The zero-order chi connectivity index (χ0) is 9.90. The zero-order valence-electron chi connectivity index (χ0n) is 8.40. The summed E-state index contributed by atoms with van der Waals surface area (Å²) in [5.41, 5.74) is 0. The second-order valence-electron chi connectivity index (χ2n) is 4.39. The summed E-state index contributed by atoms with van der Waals surface area (Å²) in [6.07, 6.45) is 2.46. The molecule has 1 fully saturated rings. The van der Waals surface area contributed by atoms with Crippen molar-refractivity contribution in [1.82, 2.24) is 5.32 Å². The molecule has 0 aromatic heterocycles. The molecule has 1 aliphatic rings. The number of alkyl halides is 1. The molecule has 0 radical (unpaired) electrons. The molecule has 0 unspecified atom stereocenters. The number of Topliss-reactive ketones (excluding diaryl/α,β-unsaturated/α-hetero) is 1. The lowest BCUT2D eigenvalue weighted by Gasteiger charge is -2.24. The third kappa shape index (κ3) is 4.10. The molecule has 0 aromatic carbocycles. The monoisotopic (exact) mass is 203 g/mol. The number of rotatable bonds is 3. The lowest BCUT2D eigenvalue weighted by Crippen LogP contribution is -2.33. The predicted molar refractivity (Wildman–Crippen MR) is 55.1 cm³/mol. The Hall–Kier alpha value is -0.0800. The average molecular weight is 204 g/mol. The van der Waals surface area contributed by atoms with Crippen molar-refractivity contribution < 1.29 is 4.79 Å². The highest BCUT2D eigenvalue weighted by molar-refractivity contribution is 6.24. The second-order valence-corrected chi connectivity index (χ2v) is 5.41. The number of carbonyl (C=O) groups excluding carboxylic acids is 1. The Morgan fingerprint density at radius 2 is 2.00 bits per heavy atom. The molecule has 1 heterocycles. The molecule has 76 valence electrons. The summed E-state index contributed by atoms with van der Waals surface area (Å²) in [5, 5.41) is 3.25. The van der Waals surface area contributed by atoms with E-state index in [0.29, 0.717) is 12.2 Å². The first-order chi connectivity index (χ1) is 5.99. The Balaban J connectivity index is 2.38. The Morgan fingerprint density at radius 3 is 2.46 bits per heavy atom. The van der Waals surface area contributed by atoms with Gasteiger partial charge in [0.2, 0.25) is 0 Å². The van der Waals surface area contributed by atoms with Crippen LogP contribution in [-0.2, 0) is 4.79 Å². The maximum absolute atomic E-state index is 11.7. The van der Waals surface area contributed by atoms with Gasteiger partial charge < -0.3 is 5.32 Å². The molecular formula is C10H18ClNO. The Morgan fingerprint density at radius 1 is 1.46 bits per heavy atom. The molecule has 0 aliphatic carbocycles. The summed E-state index contributed by atoms with van der Waals surface area (Å²) in [6.45, 7) is 5.74. The lowest BCUT2D eigenvalue weighted by molar-refractivity contribution is -0.124. The maximum Gasteiger partial charge on any atom is 0.137 e. The molecule has 0 atom stereocenters. The van der Waals surface area contributed by atoms with E-state index in [9.17, 15) is 4.79 Å². The second kappa shape index (κ2) is 4.43. The van der Waals surface area contributed by atoms with Crippen molar-refractivity contribution in [2.75, 3.05) is 13.1 Å². The predicted octanol–water partition coefficient (Wildman–Crippen LogP) is 1.96. The number of piperidine rings is 1. The molecule has 0 spiro atoms. The quantitative estimate of drug-likeness (QED) is 0.711. The summed E-state index contributed by atoms with van der Waals surface area (Å²) < 4.78 is 0. The summed E-state index contributed by atoms with van der Waals surface area (Å²) in [7, 11) is 0. The van der Waals surface area contributed by atoms with Crippen LogP contribution < -0.4 is 5.32 Å². The van der Waals surface area contributed by atoms with Gasteiger partial charge in [0.15, 0.2) is 0 Å². The van der Waals surface area contributed by atoms with E-state index in [2.05, 4.69) is 5.32 Å². The van der Waals surface area contributed by atoms with Crippen molar-refractivity contribution >= 4 is 17.4 Å². The van der Waals surface area contributed by atoms with Crippen LogP contribution in [0.25, 0.3) is 0 Å². The van der Waals surface area contributed by atoms with Gasteiger partial charge in [-0.3, -0.25) is 4.79 Å². The van der Waals surface area contributed by atoms with E-state index in [4.69, 9.17) is 11.6 Å². The van der Waals surface area contributed by atoms with E-state index < -0.39 is 0 Å². The number of carbonyl (C=O) groups is 1. The summed E-state index contributed by atoms with van der Waals surface area (Å²) >= 11 is 6.01. The van der Waals surface area contributed by atoms with Crippen molar-refractivity contribution in [2.45, 2.75) is 38.0 Å². The normalized spacial score (nSPS) is 20.2. The van der Waals surface area contributed by atoms with E-state index in [1.54, 1.807) is 0 Å². The largest absolute Gasteiger partial charge is 0.317 e. The molecule has 0 saturated carbocycles. The number of hydrogen-bond acceptors (Lipinski definition) is 2. The summed E-state index contributed by atoms with van der Waals surface area (Å²) in [5.74, 6) is 0.584. The molecular weight excluding hydrogens is 186 g/mol. The van der Waals surface area contributed by atoms with Gasteiger partial charge in [-0.1, -0.05) is 0 Å². The van der Waals surface area contributed by atoms with Crippen LogP contribution in [0, 0.1) is 5.92 Å². The smallest absolute Gasteiger partial charge is 0.137 e. The summed E-state index contributed by atoms with van der Waals surface area (Å²) in [6, 6.07) is 0. The molecule has 13 heavy (non-hydrogen) atoms. The minimum Gasteiger partial charge on any atom is -0.317 e. The van der Waals surface area contributed by atoms with Crippen molar-refractivity contribution in [3.63, 3.8) is 0 Å². The molecule has 0 aromatic rings. The van der Waals surface area contributed by atoms with Crippen molar-refractivity contribution in [1.29, 1.82) is 0 Å². The molecule has 1 saturated heterocycles. The molecule has 3 heteroatoms. The maximum atomic E-state index is 11.7. The van der Waals surface area contributed by atoms with Crippen LogP contribution in [-0.4, -0.2) is 23.7 Å². The fraction of sp³-hybridized carbons (Fsp3) is 0.900. The van der Waals surface area contributed by atoms with Gasteiger partial charge in [0.25, 0.3) is 0 Å². The van der Waals surface area contributed by atoms with E-state index in [0.717, 1.165) is 25.9 Å². The third-order valence-electron chi connectivity index (χ3n) is 2.39. The number of hydrogen-bond donors (Lipinski definition) is 1. The SMILES string of the molecule is CC(C)(Cl)CC(=O)C1CCNCC1. The van der Waals surface area contributed by atoms with Crippen LogP contribution >= 0.6 is 11.6 Å². The van der Waals surface area contributed by atoms with Gasteiger partial charge in [-0.2, -0.15) is 0 Å². The molecule has 1 aliphatic heterocycles. The third-order valence-corrected chi connectivity index (χ3v) is 2.52. The highest BCUT2D eigenvalue weighted by Gasteiger charge is 2.26. The van der Waals surface area contributed by atoms with Crippen LogP contribution in [0.4, 0.5) is 0 Å². The van der Waals surface area contributed by atoms with Gasteiger partial charge in [0, 0.05) is 17.2 Å². The van der Waals surface area contributed by atoms with Crippen LogP contribution in [0.15, 0.2) is 0 Å². The Bertz CT molecular complexity index is 180. The van der Waals surface area contributed by atoms with Gasteiger partial charge in [-0.25, -0.2) is 0 Å². The average Bonchev–Trinajstić information content (AvgIpc) is 2.03. The fourth-order valence-corrected chi connectivity index (χ4v) is 1.83. The van der Waals surface area contributed by atoms with Gasteiger partial charge >= 0.3 is 0 Å². The molecule has 0 bridgehead atoms. The first-order valence-corrected chi connectivity index (χ1v) is 5.29. The van der Waals surface area contributed by atoms with E-state index in [1.165, 1.54) is 0 Å². The highest BCUT2D eigenvalue weighted by Crippen LogP contribution is 2.23. The standard InChI is InChI=1S/C10H18ClNO/c1-10(2,11)7-9(13)8-3-5-12-6-4-8/h8,12H,3-7H2,1-2H3. The van der Waals surface area contributed by atoms with Crippen LogP contribution in [0.3, 0.4) is 0 Å². The van der Waals surface area contributed by atoms with Crippen molar-refractivity contribution in [3.05, 3.63) is 0 Å². The van der Waals surface area contributed by atoms with Gasteiger partial charge in [-0.05, 0) is 39.8 Å². The first kappa shape index (κ1) is 11.0. The highest BCUT2D eigenvalue weighted by atomic mass is 35.5. The van der Waals surface area contributed by atoms with E-state index in [-0.39, 0.29) is 10.8 Å². The minimum atomic E-state index is -0.373. The minimum absolute atomic E-state index is 0.249. The number of ketones is 1. The lowest BCUT2D eigenvalue weighted by atomic mass is 9.89.